The highest BCUT2D eigenvalue weighted by atomic mass is 35.5. The molecule has 2 amide bonds. The Bertz CT molecular complexity index is 839. The summed E-state index contributed by atoms with van der Waals surface area (Å²) < 4.78 is 0. The van der Waals surface area contributed by atoms with Gasteiger partial charge in [-0.2, -0.15) is 0 Å². The summed E-state index contributed by atoms with van der Waals surface area (Å²) in [5.41, 5.74) is 1.05. The van der Waals surface area contributed by atoms with Crippen molar-refractivity contribution in [2.45, 2.75) is 30.0 Å². The van der Waals surface area contributed by atoms with Gasteiger partial charge in [-0.3, -0.25) is 9.59 Å². The van der Waals surface area contributed by atoms with E-state index in [9.17, 15) is 9.59 Å². The number of likely N-dealkylation sites (tertiary alicyclic amines) is 1. The lowest BCUT2D eigenvalue weighted by atomic mass is 10.2. The fourth-order valence-electron chi connectivity index (χ4n) is 2.74. The maximum absolute atomic E-state index is 12.4. The molecule has 2 heterocycles. The van der Waals surface area contributed by atoms with Gasteiger partial charge >= 0.3 is 0 Å². The van der Waals surface area contributed by atoms with Crippen molar-refractivity contribution >= 4 is 52.5 Å². The first-order valence-electron chi connectivity index (χ1n) is 8.62. The molecule has 2 aromatic rings. The van der Waals surface area contributed by atoms with Gasteiger partial charge in [0.25, 0.3) is 5.91 Å². The summed E-state index contributed by atoms with van der Waals surface area (Å²) in [6, 6.07) is 8.43. The average Bonchev–Trinajstić information content (AvgIpc) is 3.19. The quantitative estimate of drug-likeness (QED) is 0.705. The smallest absolute Gasteiger partial charge is 0.255 e. The van der Waals surface area contributed by atoms with Crippen molar-refractivity contribution in [2.75, 3.05) is 18.4 Å². The molecule has 0 spiro atoms. The number of anilines is 1. The molecule has 1 aromatic carbocycles. The zero-order chi connectivity index (χ0) is 19.4. The molecule has 1 unspecified atom stereocenters. The molecule has 1 N–H and O–H groups in total. The van der Waals surface area contributed by atoms with Gasteiger partial charge in [0.2, 0.25) is 5.91 Å². The average molecular weight is 424 g/mol. The Labute approximate surface area is 172 Å². The largest absolute Gasteiger partial charge is 0.339 e. The van der Waals surface area contributed by atoms with Crippen molar-refractivity contribution in [3.8, 4) is 0 Å². The molecule has 8 heteroatoms. The van der Waals surface area contributed by atoms with E-state index in [1.165, 1.54) is 11.8 Å². The minimum atomic E-state index is -0.396. The van der Waals surface area contributed by atoms with E-state index in [1.807, 2.05) is 4.90 Å². The summed E-state index contributed by atoms with van der Waals surface area (Å²) in [6.07, 6.45) is 3.67. The first-order chi connectivity index (χ1) is 12.9. The molecule has 1 fully saturated rings. The number of amides is 2. The van der Waals surface area contributed by atoms with E-state index in [0.29, 0.717) is 26.3 Å². The van der Waals surface area contributed by atoms with Crippen LogP contribution in [-0.2, 0) is 4.79 Å². The Morgan fingerprint density at radius 1 is 1.19 bits per heavy atom. The topological polar surface area (TPSA) is 62.3 Å². The zero-order valence-corrected chi connectivity index (χ0v) is 17.1. The van der Waals surface area contributed by atoms with E-state index in [4.69, 9.17) is 23.2 Å². The number of nitrogens with one attached hydrogen (secondary N) is 1. The summed E-state index contributed by atoms with van der Waals surface area (Å²) in [4.78, 5) is 30.9. The molecule has 0 aliphatic carbocycles. The van der Waals surface area contributed by atoms with Crippen LogP contribution >= 0.6 is 35.0 Å². The van der Waals surface area contributed by atoms with Gasteiger partial charge in [0.15, 0.2) is 0 Å². The Morgan fingerprint density at radius 3 is 2.59 bits per heavy atom. The highest BCUT2D eigenvalue weighted by Crippen LogP contribution is 2.28. The summed E-state index contributed by atoms with van der Waals surface area (Å²) in [6.45, 7) is 3.39. The third-order valence-electron chi connectivity index (χ3n) is 4.23. The minimum absolute atomic E-state index is 0.0120. The third kappa shape index (κ3) is 5.15. The second-order valence-corrected chi connectivity index (χ2v) is 8.46. The lowest BCUT2D eigenvalue weighted by molar-refractivity contribution is -0.115. The molecule has 1 aliphatic heterocycles. The number of rotatable bonds is 5. The molecular formula is C19H19Cl2N3O2S. The van der Waals surface area contributed by atoms with Crippen molar-refractivity contribution in [1.29, 1.82) is 0 Å². The third-order valence-corrected chi connectivity index (χ3v) is 5.84. The number of aromatic nitrogens is 1. The van der Waals surface area contributed by atoms with Gasteiger partial charge in [0.05, 0.1) is 26.5 Å². The molecule has 1 saturated heterocycles. The van der Waals surface area contributed by atoms with E-state index < -0.39 is 5.25 Å². The number of hydrogen-bond donors (Lipinski definition) is 1. The summed E-state index contributed by atoms with van der Waals surface area (Å²) >= 11 is 13.3. The number of halogens is 2. The molecule has 1 aromatic heterocycles. The zero-order valence-electron chi connectivity index (χ0n) is 14.7. The lowest BCUT2D eigenvalue weighted by Gasteiger charge is -2.15. The standard InChI is InChI=1S/C19H19Cl2N3O2S/c1-12(18(25)23-16-10-14(20)5-6-15(16)21)27-17-7-4-13(11-22-17)19(26)24-8-2-3-9-24/h4-7,10-12H,2-3,8-9H2,1H3,(H,23,25). The van der Waals surface area contributed by atoms with E-state index in [2.05, 4.69) is 10.3 Å². The first-order valence-corrected chi connectivity index (χ1v) is 10.3. The number of benzene rings is 1. The molecule has 0 saturated carbocycles. The fourth-order valence-corrected chi connectivity index (χ4v) is 3.87. The SMILES string of the molecule is CC(Sc1ccc(C(=O)N2CCCC2)cn1)C(=O)Nc1cc(Cl)ccc1Cl. The van der Waals surface area contributed by atoms with Crippen molar-refractivity contribution in [1.82, 2.24) is 9.88 Å². The predicted molar refractivity (Wildman–Crippen MR) is 110 cm³/mol. The second-order valence-electron chi connectivity index (χ2n) is 6.26. The van der Waals surface area contributed by atoms with Crippen molar-refractivity contribution < 1.29 is 9.59 Å². The lowest BCUT2D eigenvalue weighted by Crippen LogP contribution is -2.27. The highest BCUT2D eigenvalue weighted by Gasteiger charge is 2.20. The molecular weight excluding hydrogens is 405 g/mol. The molecule has 1 aliphatic rings. The Hall–Kier alpha value is -1.76. The molecule has 3 rings (SSSR count). The monoisotopic (exact) mass is 423 g/mol. The van der Waals surface area contributed by atoms with Gasteiger partial charge in [-0.05, 0) is 50.1 Å². The van der Waals surface area contributed by atoms with Gasteiger partial charge in [-0.15, -0.1) is 0 Å². The predicted octanol–water partition coefficient (Wildman–Crippen LogP) is 4.74. The first kappa shape index (κ1) is 20.0. The highest BCUT2D eigenvalue weighted by molar-refractivity contribution is 8.00. The number of nitrogens with zero attached hydrogens (tertiary/aromatic N) is 2. The Kier molecular flexibility index (Phi) is 6.63. The number of carbonyl (C=O) groups excluding carboxylic acids is 2. The maximum Gasteiger partial charge on any atom is 0.255 e. The van der Waals surface area contributed by atoms with Crippen LogP contribution in [0.1, 0.15) is 30.1 Å². The van der Waals surface area contributed by atoms with Crippen LogP contribution < -0.4 is 5.32 Å². The summed E-state index contributed by atoms with van der Waals surface area (Å²) in [5.74, 6) is -0.193. The normalized spacial score (nSPS) is 14.9. The van der Waals surface area contributed by atoms with Gasteiger partial charge in [-0.25, -0.2) is 4.98 Å². The van der Waals surface area contributed by atoms with Gasteiger partial charge in [-0.1, -0.05) is 35.0 Å². The van der Waals surface area contributed by atoms with Crippen LogP contribution in [0.3, 0.4) is 0 Å². The van der Waals surface area contributed by atoms with Gasteiger partial charge < -0.3 is 10.2 Å². The van der Waals surface area contributed by atoms with Crippen LogP contribution in [0, 0.1) is 0 Å². The van der Waals surface area contributed by atoms with Crippen molar-refractivity contribution in [3.05, 3.63) is 52.1 Å². The fraction of sp³-hybridized carbons (Fsp3) is 0.316. The summed E-state index contributed by atoms with van der Waals surface area (Å²) in [7, 11) is 0. The second kappa shape index (κ2) is 8.95. The Morgan fingerprint density at radius 2 is 1.93 bits per heavy atom. The van der Waals surface area contributed by atoms with Gasteiger partial charge in [0.1, 0.15) is 0 Å². The van der Waals surface area contributed by atoms with E-state index in [0.717, 1.165) is 25.9 Å². The van der Waals surface area contributed by atoms with E-state index in [-0.39, 0.29) is 11.8 Å². The van der Waals surface area contributed by atoms with Crippen LogP contribution in [0.2, 0.25) is 10.0 Å². The van der Waals surface area contributed by atoms with Crippen LogP contribution in [0.5, 0.6) is 0 Å². The Balaban J connectivity index is 1.60. The number of thioether (sulfide) groups is 1. The molecule has 142 valence electrons. The van der Waals surface area contributed by atoms with Crippen LogP contribution in [0.15, 0.2) is 41.6 Å². The van der Waals surface area contributed by atoms with Gasteiger partial charge in [0, 0.05) is 24.3 Å². The molecule has 0 radical (unpaired) electrons. The molecule has 5 nitrogen and oxygen atoms in total. The maximum atomic E-state index is 12.4. The number of hydrogen-bond acceptors (Lipinski definition) is 4. The van der Waals surface area contributed by atoms with Crippen molar-refractivity contribution in [3.63, 3.8) is 0 Å². The van der Waals surface area contributed by atoms with Crippen LogP contribution in [0.4, 0.5) is 5.69 Å². The van der Waals surface area contributed by atoms with E-state index in [1.54, 1.807) is 43.5 Å². The van der Waals surface area contributed by atoms with E-state index >= 15 is 0 Å². The summed E-state index contributed by atoms with van der Waals surface area (Å²) in [5, 5.41) is 3.97. The minimum Gasteiger partial charge on any atom is -0.339 e. The number of pyridine rings is 1. The molecule has 0 bridgehead atoms. The number of carbonyl (C=O) groups is 2. The van der Waals surface area contributed by atoms with Crippen LogP contribution in [-0.4, -0.2) is 40.0 Å². The molecule has 1 atom stereocenters. The molecule has 27 heavy (non-hydrogen) atoms. The van der Waals surface area contributed by atoms with Crippen LogP contribution in [0.25, 0.3) is 0 Å². The van der Waals surface area contributed by atoms with Crippen molar-refractivity contribution in [2.24, 2.45) is 0 Å².